The van der Waals surface area contributed by atoms with Gasteiger partial charge in [-0.15, -0.1) is 0 Å². The van der Waals surface area contributed by atoms with Gasteiger partial charge in [0.1, 0.15) is 18.1 Å². The average Bonchev–Trinajstić information content (AvgIpc) is 2.47. The molecule has 1 aromatic rings. The van der Waals surface area contributed by atoms with E-state index in [0.717, 1.165) is 37.7 Å². The lowest BCUT2D eigenvalue weighted by Gasteiger charge is -2.17. The second kappa shape index (κ2) is 9.64. The Hall–Kier alpha value is -1.26. The molecule has 4 nitrogen and oxygen atoms in total. The average molecular weight is 267 g/mol. The van der Waals surface area contributed by atoms with Gasteiger partial charge in [-0.05, 0) is 25.2 Å². The van der Waals surface area contributed by atoms with Crippen molar-refractivity contribution in [3.8, 4) is 11.5 Å². The van der Waals surface area contributed by atoms with Crippen LogP contribution in [0.4, 0.5) is 0 Å². The summed E-state index contributed by atoms with van der Waals surface area (Å²) in [6.45, 7) is 9.37. The van der Waals surface area contributed by atoms with Crippen molar-refractivity contribution >= 4 is 0 Å². The molecular weight excluding hydrogens is 242 g/mol. The minimum Gasteiger partial charge on any atom is -0.497 e. The zero-order chi connectivity index (χ0) is 13.9. The van der Waals surface area contributed by atoms with E-state index in [9.17, 15) is 0 Å². The van der Waals surface area contributed by atoms with Crippen LogP contribution < -0.4 is 9.47 Å². The standard InChI is InChI=1S/C15H25NO3/c1-4-16(5-2)9-10-18-11-12-19-15-8-6-7-14(13-15)17-3/h6-8,13H,4-5,9-12H2,1-3H3. The lowest BCUT2D eigenvalue weighted by atomic mass is 10.3. The fraction of sp³-hybridized carbons (Fsp3) is 0.600. The van der Waals surface area contributed by atoms with Crippen molar-refractivity contribution in [3.63, 3.8) is 0 Å². The highest BCUT2D eigenvalue weighted by atomic mass is 16.5. The Morgan fingerprint density at radius 1 is 1.00 bits per heavy atom. The molecule has 0 bridgehead atoms. The molecule has 0 amide bonds. The molecule has 0 saturated heterocycles. The third-order valence-corrected chi connectivity index (χ3v) is 2.98. The molecule has 0 atom stereocenters. The summed E-state index contributed by atoms with van der Waals surface area (Å²) in [4.78, 5) is 2.34. The van der Waals surface area contributed by atoms with Gasteiger partial charge in [-0.2, -0.15) is 0 Å². The Labute approximate surface area is 116 Å². The van der Waals surface area contributed by atoms with E-state index >= 15 is 0 Å². The minimum absolute atomic E-state index is 0.561. The van der Waals surface area contributed by atoms with E-state index in [1.54, 1.807) is 7.11 Å². The summed E-state index contributed by atoms with van der Waals surface area (Å²) in [6.07, 6.45) is 0. The topological polar surface area (TPSA) is 30.9 Å². The van der Waals surface area contributed by atoms with Gasteiger partial charge in [0.25, 0.3) is 0 Å². The molecule has 0 fully saturated rings. The summed E-state index contributed by atoms with van der Waals surface area (Å²) in [7, 11) is 1.65. The van der Waals surface area contributed by atoms with Gasteiger partial charge in [-0.3, -0.25) is 0 Å². The number of hydrogen-bond acceptors (Lipinski definition) is 4. The molecule has 0 aliphatic heterocycles. The van der Waals surface area contributed by atoms with E-state index in [4.69, 9.17) is 14.2 Å². The van der Waals surface area contributed by atoms with E-state index in [1.807, 2.05) is 24.3 Å². The molecule has 1 aromatic carbocycles. The molecule has 0 aliphatic carbocycles. The summed E-state index contributed by atoms with van der Waals surface area (Å²) in [5.74, 6) is 1.62. The van der Waals surface area contributed by atoms with Crippen LogP contribution in [0, 0.1) is 0 Å². The number of likely N-dealkylation sites (N-methyl/N-ethyl adjacent to an activating group) is 1. The molecule has 0 aromatic heterocycles. The molecule has 0 aliphatic rings. The Kier molecular flexibility index (Phi) is 8.02. The number of rotatable bonds is 10. The summed E-state index contributed by atoms with van der Waals surface area (Å²) in [6, 6.07) is 7.59. The molecule has 19 heavy (non-hydrogen) atoms. The highest BCUT2D eigenvalue weighted by molar-refractivity contribution is 5.32. The van der Waals surface area contributed by atoms with Crippen LogP contribution in [0.5, 0.6) is 11.5 Å². The summed E-state index contributed by atoms with van der Waals surface area (Å²) >= 11 is 0. The Bertz CT molecular complexity index is 340. The Balaban J connectivity index is 2.10. The maximum absolute atomic E-state index is 5.59. The first kappa shape index (κ1) is 15.8. The van der Waals surface area contributed by atoms with Crippen molar-refractivity contribution in [3.05, 3.63) is 24.3 Å². The van der Waals surface area contributed by atoms with Crippen molar-refractivity contribution in [2.24, 2.45) is 0 Å². The van der Waals surface area contributed by atoms with Gasteiger partial charge in [-0.25, -0.2) is 0 Å². The molecule has 108 valence electrons. The summed E-state index contributed by atoms with van der Waals surface area (Å²) < 4.78 is 16.3. The lowest BCUT2D eigenvalue weighted by molar-refractivity contribution is 0.0818. The fourth-order valence-corrected chi connectivity index (χ4v) is 1.74. The van der Waals surface area contributed by atoms with Crippen molar-refractivity contribution in [1.29, 1.82) is 0 Å². The Morgan fingerprint density at radius 2 is 1.74 bits per heavy atom. The van der Waals surface area contributed by atoms with Crippen LogP contribution in [0.1, 0.15) is 13.8 Å². The first-order valence-electron chi connectivity index (χ1n) is 6.87. The molecule has 0 heterocycles. The van der Waals surface area contributed by atoms with E-state index in [2.05, 4.69) is 18.7 Å². The van der Waals surface area contributed by atoms with Gasteiger partial charge >= 0.3 is 0 Å². The predicted molar refractivity (Wildman–Crippen MR) is 77.1 cm³/mol. The maximum Gasteiger partial charge on any atom is 0.123 e. The molecule has 0 saturated carbocycles. The van der Waals surface area contributed by atoms with Gasteiger partial charge in [0.05, 0.1) is 20.3 Å². The minimum atomic E-state index is 0.561. The molecule has 0 N–H and O–H groups in total. The van der Waals surface area contributed by atoms with Crippen LogP contribution in [0.25, 0.3) is 0 Å². The van der Waals surface area contributed by atoms with Crippen LogP contribution in [-0.2, 0) is 4.74 Å². The molecule has 1 rings (SSSR count). The number of nitrogens with zero attached hydrogens (tertiary/aromatic N) is 1. The highest BCUT2D eigenvalue weighted by Crippen LogP contribution is 2.18. The van der Waals surface area contributed by atoms with Gasteiger partial charge < -0.3 is 19.1 Å². The van der Waals surface area contributed by atoms with Crippen molar-refractivity contribution in [2.75, 3.05) is 46.6 Å². The third kappa shape index (κ3) is 6.45. The number of benzene rings is 1. The number of hydrogen-bond donors (Lipinski definition) is 0. The van der Waals surface area contributed by atoms with Crippen molar-refractivity contribution < 1.29 is 14.2 Å². The zero-order valence-electron chi connectivity index (χ0n) is 12.2. The van der Waals surface area contributed by atoms with Crippen LogP contribution in [0.3, 0.4) is 0 Å². The smallest absolute Gasteiger partial charge is 0.123 e. The quantitative estimate of drug-likeness (QED) is 0.609. The van der Waals surface area contributed by atoms with Crippen molar-refractivity contribution in [2.45, 2.75) is 13.8 Å². The molecule has 4 heteroatoms. The van der Waals surface area contributed by atoms with Gasteiger partial charge in [0.15, 0.2) is 0 Å². The van der Waals surface area contributed by atoms with E-state index in [1.165, 1.54) is 0 Å². The van der Waals surface area contributed by atoms with E-state index in [-0.39, 0.29) is 0 Å². The van der Waals surface area contributed by atoms with Gasteiger partial charge in [0.2, 0.25) is 0 Å². The van der Waals surface area contributed by atoms with Crippen LogP contribution in [-0.4, -0.2) is 51.5 Å². The molecular formula is C15H25NO3. The third-order valence-electron chi connectivity index (χ3n) is 2.98. The van der Waals surface area contributed by atoms with E-state index < -0.39 is 0 Å². The normalized spacial score (nSPS) is 10.7. The lowest BCUT2D eigenvalue weighted by Crippen LogP contribution is -2.27. The highest BCUT2D eigenvalue weighted by Gasteiger charge is 1.99. The molecule has 0 unspecified atom stereocenters. The molecule has 0 radical (unpaired) electrons. The number of methoxy groups -OCH3 is 1. The van der Waals surface area contributed by atoms with Crippen LogP contribution >= 0.6 is 0 Å². The summed E-state index contributed by atoms with van der Waals surface area (Å²) in [5.41, 5.74) is 0. The van der Waals surface area contributed by atoms with E-state index in [0.29, 0.717) is 13.2 Å². The fourth-order valence-electron chi connectivity index (χ4n) is 1.74. The first-order valence-corrected chi connectivity index (χ1v) is 6.87. The van der Waals surface area contributed by atoms with Crippen LogP contribution in [0.2, 0.25) is 0 Å². The summed E-state index contributed by atoms with van der Waals surface area (Å²) in [5, 5.41) is 0. The second-order valence-corrected chi connectivity index (χ2v) is 4.17. The van der Waals surface area contributed by atoms with Gasteiger partial charge in [-0.1, -0.05) is 19.9 Å². The van der Waals surface area contributed by atoms with Crippen molar-refractivity contribution in [1.82, 2.24) is 4.90 Å². The first-order chi connectivity index (χ1) is 9.30. The SMILES string of the molecule is CCN(CC)CCOCCOc1cccc(OC)c1. The molecule has 0 spiro atoms. The number of ether oxygens (including phenoxy) is 3. The predicted octanol–water partition coefficient (Wildman–Crippen LogP) is 2.43. The monoisotopic (exact) mass is 267 g/mol. The van der Waals surface area contributed by atoms with Crippen LogP contribution in [0.15, 0.2) is 24.3 Å². The van der Waals surface area contributed by atoms with Gasteiger partial charge in [0, 0.05) is 12.6 Å². The largest absolute Gasteiger partial charge is 0.497 e. The maximum atomic E-state index is 5.59. The zero-order valence-corrected chi connectivity index (χ0v) is 12.2. The second-order valence-electron chi connectivity index (χ2n) is 4.17. The Morgan fingerprint density at radius 3 is 2.42 bits per heavy atom.